The fourth-order valence-corrected chi connectivity index (χ4v) is 4.09. The van der Waals surface area contributed by atoms with Gasteiger partial charge in [0.25, 0.3) is 5.91 Å². The highest BCUT2D eigenvalue weighted by Crippen LogP contribution is 2.34. The molecule has 1 aromatic carbocycles. The molecule has 1 aliphatic heterocycles. The first-order valence-electron chi connectivity index (χ1n) is 7.81. The molecule has 0 radical (unpaired) electrons. The van der Waals surface area contributed by atoms with Crippen LogP contribution in [-0.4, -0.2) is 28.9 Å². The summed E-state index contributed by atoms with van der Waals surface area (Å²) in [6.07, 6.45) is 3.83. The van der Waals surface area contributed by atoms with Crippen LogP contribution in [0, 0.1) is 5.82 Å². The van der Waals surface area contributed by atoms with Crippen LogP contribution in [0.4, 0.5) is 4.39 Å². The molecule has 1 saturated heterocycles. The number of carbonyl (C=O) groups is 1. The van der Waals surface area contributed by atoms with Gasteiger partial charge in [-0.1, -0.05) is 6.07 Å². The number of H-pyrrole nitrogens is 1. The van der Waals surface area contributed by atoms with Gasteiger partial charge >= 0.3 is 0 Å². The third-order valence-corrected chi connectivity index (χ3v) is 5.49. The zero-order chi connectivity index (χ0) is 15.8. The second kappa shape index (κ2) is 5.81. The third kappa shape index (κ3) is 2.65. The Hall–Kier alpha value is -2.14. The van der Waals surface area contributed by atoms with Crippen LogP contribution >= 0.6 is 11.3 Å². The Morgan fingerprint density at radius 1 is 1.26 bits per heavy atom. The van der Waals surface area contributed by atoms with E-state index in [2.05, 4.69) is 4.98 Å². The zero-order valence-electron chi connectivity index (χ0n) is 12.6. The van der Waals surface area contributed by atoms with Gasteiger partial charge in [0.1, 0.15) is 5.82 Å². The van der Waals surface area contributed by atoms with Crippen molar-refractivity contribution < 1.29 is 9.18 Å². The summed E-state index contributed by atoms with van der Waals surface area (Å²) in [5.41, 5.74) is 2.14. The number of piperidine rings is 1. The molecule has 118 valence electrons. The Kier molecular flexibility index (Phi) is 3.65. The molecular formula is C18H17FN2OS. The number of halogens is 1. The molecule has 3 aromatic rings. The van der Waals surface area contributed by atoms with Crippen LogP contribution in [-0.2, 0) is 0 Å². The summed E-state index contributed by atoms with van der Waals surface area (Å²) in [5.74, 6) is 0.296. The summed E-state index contributed by atoms with van der Waals surface area (Å²) >= 11 is 1.49. The van der Waals surface area contributed by atoms with E-state index in [4.69, 9.17) is 0 Å². The van der Waals surface area contributed by atoms with Gasteiger partial charge in [0, 0.05) is 30.2 Å². The van der Waals surface area contributed by atoms with Gasteiger partial charge in [-0.2, -0.15) is 0 Å². The molecule has 0 saturated carbocycles. The molecule has 2 aromatic heterocycles. The lowest BCUT2D eigenvalue weighted by Crippen LogP contribution is -2.37. The average molecular weight is 328 g/mol. The molecule has 0 aliphatic carbocycles. The second-order valence-electron chi connectivity index (χ2n) is 5.98. The first-order valence-corrected chi connectivity index (χ1v) is 8.69. The van der Waals surface area contributed by atoms with Crippen molar-refractivity contribution in [2.24, 2.45) is 0 Å². The van der Waals surface area contributed by atoms with Gasteiger partial charge in [-0.15, -0.1) is 11.3 Å². The minimum Gasteiger partial charge on any atom is -0.361 e. The molecule has 1 fully saturated rings. The highest BCUT2D eigenvalue weighted by Gasteiger charge is 2.26. The van der Waals surface area contributed by atoms with Crippen molar-refractivity contribution in [1.29, 1.82) is 0 Å². The summed E-state index contributed by atoms with van der Waals surface area (Å²) in [5, 5.41) is 2.90. The fourth-order valence-electron chi connectivity index (χ4n) is 3.40. The number of nitrogens with one attached hydrogen (secondary N) is 1. The van der Waals surface area contributed by atoms with E-state index in [-0.39, 0.29) is 11.7 Å². The molecule has 0 spiro atoms. The van der Waals surface area contributed by atoms with Gasteiger partial charge in [-0.05, 0) is 54.0 Å². The molecule has 3 nitrogen and oxygen atoms in total. The normalized spacial score (nSPS) is 16.1. The molecule has 4 rings (SSSR count). The average Bonchev–Trinajstić information content (AvgIpc) is 3.24. The van der Waals surface area contributed by atoms with Gasteiger partial charge in [0.05, 0.1) is 4.88 Å². The number of fused-ring (bicyclic) bond motifs is 1. The maximum Gasteiger partial charge on any atom is 0.263 e. The lowest BCUT2D eigenvalue weighted by molar-refractivity contribution is 0.0718. The predicted molar refractivity (Wildman–Crippen MR) is 90.5 cm³/mol. The van der Waals surface area contributed by atoms with E-state index in [1.807, 2.05) is 28.6 Å². The van der Waals surface area contributed by atoms with Crippen LogP contribution in [0.3, 0.4) is 0 Å². The van der Waals surface area contributed by atoms with Crippen molar-refractivity contribution in [2.75, 3.05) is 13.1 Å². The first kappa shape index (κ1) is 14.5. The van der Waals surface area contributed by atoms with Gasteiger partial charge in [0.15, 0.2) is 0 Å². The minimum absolute atomic E-state index is 0.128. The lowest BCUT2D eigenvalue weighted by Gasteiger charge is -2.31. The zero-order valence-corrected chi connectivity index (χ0v) is 13.4. The Morgan fingerprint density at radius 2 is 2.09 bits per heavy atom. The topological polar surface area (TPSA) is 36.1 Å². The maximum atomic E-state index is 13.5. The molecule has 1 aliphatic rings. The van der Waals surface area contributed by atoms with Crippen LogP contribution in [0.1, 0.15) is 34.0 Å². The van der Waals surface area contributed by atoms with Crippen molar-refractivity contribution in [3.63, 3.8) is 0 Å². The Labute approximate surface area is 137 Å². The maximum absolute atomic E-state index is 13.5. The number of nitrogens with zero attached hydrogens (tertiary/aromatic N) is 1. The summed E-state index contributed by atoms with van der Waals surface area (Å²) in [4.78, 5) is 18.3. The van der Waals surface area contributed by atoms with Gasteiger partial charge in [-0.3, -0.25) is 4.79 Å². The van der Waals surface area contributed by atoms with Crippen LogP contribution in [0.25, 0.3) is 10.9 Å². The Balaban J connectivity index is 1.51. The molecule has 1 amide bonds. The SMILES string of the molecule is O=C(c1cccs1)N1CCC(c2c[nH]c3ccc(F)cc23)CC1. The monoisotopic (exact) mass is 328 g/mol. The first-order chi connectivity index (χ1) is 11.2. The molecule has 1 N–H and O–H groups in total. The van der Waals surface area contributed by atoms with Gasteiger partial charge in [0.2, 0.25) is 0 Å². The van der Waals surface area contributed by atoms with Crippen molar-refractivity contribution >= 4 is 28.1 Å². The molecule has 0 unspecified atom stereocenters. The smallest absolute Gasteiger partial charge is 0.263 e. The van der Waals surface area contributed by atoms with E-state index in [1.165, 1.54) is 23.0 Å². The number of likely N-dealkylation sites (tertiary alicyclic amines) is 1. The van der Waals surface area contributed by atoms with E-state index >= 15 is 0 Å². The molecule has 5 heteroatoms. The molecular weight excluding hydrogens is 311 g/mol. The number of hydrogen-bond donors (Lipinski definition) is 1. The van der Waals surface area contributed by atoms with Gasteiger partial charge < -0.3 is 9.88 Å². The molecule has 23 heavy (non-hydrogen) atoms. The molecule has 3 heterocycles. The van der Waals surface area contributed by atoms with Crippen molar-refractivity contribution in [3.8, 4) is 0 Å². The number of aromatic nitrogens is 1. The summed E-state index contributed by atoms with van der Waals surface area (Å²) in [6.45, 7) is 1.51. The Morgan fingerprint density at radius 3 is 2.83 bits per heavy atom. The third-order valence-electron chi connectivity index (χ3n) is 4.63. The lowest BCUT2D eigenvalue weighted by atomic mass is 9.89. The van der Waals surface area contributed by atoms with Crippen molar-refractivity contribution in [3.05, 3.63) is 58.2 Å². The number of amides is 1. The van der Waals surface area contributed by atoms with Gasteiger partial charge in [-0.25, -0.2) is 4.39 Å². The Bertz CT molecular complexity index is 832. The van der Waals surface area contributed by atoms with E-state index in [0.717, 1.165) is 41.7 Å². The number of hydrogen-bond acceptors (Lipinski definition) is 2. The minimum atomic E-state index is -0.205. The fraction of sp³-hybridized carbons (Fsp3) is 0.278. The standard InChI is InChI=1S/C18H17FN2OS/c19-13-3-4-16-14(10-13)15(11-20-16)12-5-7-21(8-6-12)18(22)17-2-1-9-23-17/h1-4,9-12,20H,5-8H2. The van der Waals surface area contributed by atoms with E-state index in [0.29, 0.717) is 5.92 Å². The largest absolute Gasteiger partial charge is 0.361 e. The highest BCUT2D eigenvalue weighted by atomic mass is 32.1. The predicted octanol–water partition coefficient (Wildman–Crippen LogP) is 4.39. The number of aromatic amines is 1. The van der Waals surface area contributed by atoms with Crippen LogP contribution in [0.5, 0.6) is 0 Å². The van der Waals surface area contributed by atoms with Crippen LogP contribution in [0.15, 0.2) is 41.9 Å². The van der Waals surface area contributed by atoms with E-state index in [1.54, 1.807) is 12.1 Å². The van der Waals surface area contributed by atoms with E-state index in [9.17, 15) is 9.18 Å². The number of thiophene rings is 1. The molecule has 0 bridgehead atoms. The second-order valence-corrected chi connectivity index (χ2v) is 6.93. The summed E-state index contributed by atoms with van der Waals surface area (Å²) in [7, 11) is 0. The van der Waals surface area contributed by atoms with E-state index < -0.39 is 0 Å². The number of carbonyl (C=O) groups excluding carboxylic acids is 1. The van der Waals surface area contributed by atoms with Crippen LogP contribution < -0.4 is 0 Å². The van der Waals surface area contributed by atoms with Crippen molar-refractivity contribution in [1.82, 2.24) is 9.88 Å². The summed E-state index contributed by atoms with van der Waals surface area (Å²) < 4.78 is 13.5. The summed E-state index contributed by atoms with van der Waals surface area (Å²) in [6, 6.07) is 8.64. The number of benzene rings is 1. The number of rotatable bonds is 2. The quantitative estimate of drug-likeness (QED) is 0.744. The molecule has 0 atom stereocenters. The van der Waals surface area contributed by atoms with Crippen molar-refractivity contribution in [2.45, 2.75) is 18.8 Å². The highest BCUT2D eigenvalue weighted by molar-refractivity contribution is 7.12. The van der Waals surface area contributed by atoms with Crippen LogP contribution in [0.2, 0.25) is 0 Å².